The topological polar surface area (TPSA) is 133 Å². The Kier molecular flexibility index (Phi) is 5.73. The highest BCUT2D eigenvalue weighted by atomic mass is 32.2. The van der Waals surface area contributed by atoms with E-state index in [1.807, 2.05) is 0 Å². The van der Waals surface area contributed by atoms with Crippen molar-refractivity contribution in [2.45, 2.75) is 0 Å². The van der Waals surface area contributed by atoms with Crippen molar-refractivity contribution in [1.29, 1.82) is 0 Å². The van der Waals surface area contributed by atoms with Crippen molar-refractivity contribution in [3.63, 3.8) is 0 Å². The third-order valence-electron chi connectivity index (χ3n) is 5.38. The molecule has 6 aromatic heterocycles. The van der Waals surface area contributed by atoms with Gasteiger partial charge >= 0.3 is 0 Å². The molecule has 0 atom stereocenters. The lowest BCUT2D eigenvalue weighted by Gasteiger charge is -2.06. The molecule has 0 bridgehead atoms. The van der Waals surface area contributed by atoms with Crippen LogP contribution in [0.2, 0.25) is 0 Å². The molecular formula is C20H12N6O4S6. The molecule has 0 aliphatic heterocycles. The summed E-state index contributed by atoms with van der Waals surface area (Å²) in [5.41, 5.74) is 1.43. The van der Waals surface area contributed by atoms with Gasteiger partial charge in [-0.1, -0.05) is 22.7 Å². The molecule has 36 heavy (non-hydrogen) atoms. The number of hydrogen-bond donors (Lipinski definition) is 4. The average Bonchev–Trinajstić information content (AvgIpc) is 3.62. The number of nitrogens with zero attached hydrogens (tertiary/aromatic N) is 2. The van der Waals surface area contributed by atoms with E-state index in [0.29, 0.717) is 39.6 Å². The fourth-order valence-corrected chi connectivity index (χ4v) is 8.00. The van der Waals surface area contributed by atoms with Crippen LogP contribution < -0.4 is 21.8 Å². The summed E-state index contributed by atoms with van der Waals surface area (Å²) in [5.74, 6) is -0.829. The number of fused-ring (bicyclic) bond motifs is 6. The number of aromatic amines is 2. The largest absolute Gasteiger partial charge is 0.349 e. The summed E-state index contributed by atoms with van der Waals surface area (Å²) in [7, 11) is 0. The molecule has 0 aliphatic carbocycles. The molecule has 182 valence electrons. The van der Waals surface area contributed by atoms with E-state index < -0.39 is 11.8 Å². The first-order chi connectivity index (χ1) is 17.3. The van der Waals surface area contributed by atoms with E-state index in [1.54, 1.807) is 31.7 Å². The van der Waals surface area contributed by atoms with Gasteiger partial charge in [0.05, 0.1) is 11.0 Å². The zero-order chi connectivity index (χ0) is 25.1. The zero-order valence-corrected chi connectivity index (χ0v) is 22.6. The molecule has 0 saturated heterocycles. The van der Waals surface area contributed by atoms with Crippen molar-refractivity contribution in [3.05, 3.63) is 61.3 Å². The van der Waals surface area contributed by atoms with Gasteiger partial charge in [-0.15, -0.1) is 22.7 Å². The fourth-order valence-electron chi connectivity index (χ4n) is 3.86. The van der Waals surface area contributed by atoms with Gasteiger partial charge in [-0.25, -0.2) is 0 Å². The number of thiophene rings is 2. The molecule has 6 rings (SSSR count). The van der Waals surface area contributed by atoms with E-state index in [-0.39, 0.29) is 34.0 Å². The molecule has 0 aromatic carbocycles. The third kappa shape index (κ3) is 3.60. The van der Waals surface area contributed by atoms with Crippen molar-refractivity contribution in [2.75, 3.05) is 13.1 Å². The molecule has 6 heterocycles. The van der Waals surface area contributed by atoms with Crippen molar-refractivity contribution in [3.8, 4) is 0 Å². The second kappa shape index (κ2) is 8.82. The van der Waals surface area contributed by atoms with Crippen LogP contribution in [0.25, 0.3) is 31.7 Å². The molecule has 0 fully saturated rings. The lowest BCUT2D eigenvalue weighted by molar-refractivity contribution is 0.0932. The first kappa shape index (κ1) is 23.4. The molecule has 0 unspecified atom stereocenters. The van der Waals surface area contributed by atoms with Gasteiger partial charge in [0.2, 0.25) is 0 Å². The fraction of sp³-hybridized carbons (Fsp3) is 0.100. The number of carbonyl (C=O) groups is 2. The number of thiazole rings is 2. The molecule has 6 aromatic rings. The molecule has 16 heteroatoms. The number of amides is 2. The van der Waals surface area contributed by atoms with Gasteiger partial charge < -0.3 is 20.6 Å². The highest BCUT2D eigenvalue weighted by molar-refractivity contribution is 7.73. The lowest BCUT2D eigenvalue weighted by atomic mass is 10.4. The van der Waals surface area contributed by atoms with Crippen molar-refractivity contribution in [2.24, 2.45) is 0 Å². The molecule has 4 N–H and O–H groups in total. The number of nitrogens with one attached hydrogen (secondary N) is 4. The maximum Gasteiger partial charge on any atom is 0.269 e. The Morgan fingerprint density at radius 1 is 0.778 bits per heavy atom. The minimum atomic E-state index is -0.415. The van der Waals surface area contributed by atoms with Crippen molar-refractivity contribution >= 4 is 113 Å². The molecule has 0 radical (unpaired) electrons. The van der Waals surface area contributed by atoms with Gasteiger partial charge in [0, 0.05) is 13.1 Å². The smallest absolute Gasteiger partial charge is 0.269 e. The molecule has 0 aliphatic rings. The van der Waals surface area contributed by atoms with E-state index in [2.05, 4.69) is 20.6 Å². The number of H-pyrrole nitrogens is 2. The van der Waals surface area contributed by atoms with Crippen LogP contribution in [0.5, 0.6) is 0 Å². The van der Waals surface area contributed by atoms with Crippen LogP contribution in [0, 0.1) is 7.91 Å². The van der Waals surface area contributed by atoms with Crippen LogP contribution in [-0.4, -0.2) is 43.7 Å². The molecule has 10 nitrogen and oxygen atoms in total. The third-order valence-corrected chi connectivity index (χ3v) is 9.93. The van der Waals surface area contributed by atoms with Crippen LogP contribution in [-0.2, 0) is 0 Å². The summed E-state index contributed by atoms with van der Waals surface area (Å²) in [6.07, 6.45) is 0. The molecule has 0 spiro atoms. The Balaban J connectivity index is 1.19. The van der Waals surface area contributed by atoms with Gasteiger partial charge in [0.15, 0.2) is 7.91 Å². The first-order valence-electron chi connectivity index (χ1n) is 10.2. The Morgan fingerprint density at radius 2 is 1.19 bits per heavy atom. The number of carbonyl (C=O) groups excluding carboxylic acids is 2. The lowest BCUT2D eigenvalue weighted by Crippen LogP contribution is -2.34. The Bertz CT molecular complexity index is 1950. The standard InChI is InChI=1S/C20H12N6O4S6/c27-15(11-13-23-17(29)9-7(1-5-33-9)25(13)19(31)35-11)21-3-4-22-16(28)12-14-24-18(30)10-8(2-6-34-10)26(14)20(32)36-12/h1-2,5-6H,3-4H2,(H,21,27)(H,22,28)(H,23,29)(H,24,30). The maximum atomic E-state index is 12.8. The summed E-state index contributed by atoms with van der Waals surface area (Å²) >= 11 is 15.6. The quantitative estimate of drug-likeness (QED) is 0.178. The highest BCUT2D eigenvalue weighted by Crippen LogP contribution is 2.26. The van der Waals surface area contributed by atoms with Crippen molar-refractivity contribution in [1.82, 2.24) is 29.4 Å². The van der Waals surface area contributed by atoms with Gasteiger partial charge in [-0.3, -0.25) is 28.0 Å². The van der Waals surface area contributed by atoms with Crippen molar-refractivity contribution < 1.29 is 9.59 Å². The SMILES string of the molecule is O=C(NCCNC(=O)c1sc(=S)n2c1[nH]c(=O)c1sccc12)c1sc(=S)n2c1[nH]c(=O)c1sccc12. The van der Waals surface area contributed by atoms with Crippen LogP contribution >= 0.6 is 69.8 Å². The number of rotatable bonds is 5. The maximum absolute atomic E-state index is 12.8. The summed E-state index contributed by atoms with van der Waals surface area (Å²) in [6.45, 7) is 0.267. The molecule has 2 amide bonds. The summed E-state index contributed by atoms with van der Waals surface area (Å²) in [4.78, 5) is 56.5. The second-order valence-corrected chi connectivity index (χ2v) is 12.6. The monoisotopic (exact) mass is 592 g/mol. The minimum absolute atomic E-state index is 0.134. The van der Waals surface area contributed by atoms with E-state index in [9.17, 15) is 19.2 Å². The zero-order valence-electron chi connectivity index (χ0n) is 17.7. The highest BCUT2D eigenvalue weighted by Gasteiger charge is 2.20. The first-order valence-corrected chi connectivity index (χ1v) is 14.4. The van der Waals surface area contributed by atoms with E-state index >= 15 is 0 Å². The normalized spacial score (nSPS) is 11.7. The van der Waals surface area contributed by atoms with Gasteiger partial charge in [-0.05, 0) is 47.3 Å². The van der Waals surface area contributed by atoms with Gasteiger partial charge in [0.25, 0.3) is 22.9 Å². The van der Waals surface area contributed by atoms with Crippen LogP contribution in [0.1, 0.15) is 19.3 Å². The number of hydrogen-bond acceptors (Lipinski definition) is 10. The Hall–Kier alpha value is -3.02. The summed E-state index contributed by atoms with van der Waals surface area (Å²) < 4.78 is 5.32. The van der Waals surface area contributed by atoms with Crippen LogP contribution in [0.15, 0.2) is 32.5 Å². The Morgan fingerprint density at radius 3 is 1.61 bits per heavy atom. The second-order valence-electron chi connectivity index (χ2n) is 7.45. The van der Waals surface area contributed by atoms with E-state index in [1.165, 1.54) is 22.7 Å². The average molecular weight is 593 g/mol. The molecular weight excluding hydrogens is 581 g/mol. The number of aromatic nitrogens is 4. The predicted octanol–water partition coefficient (Wildman–Crippen LogP) is 3.74. The minimum Gasteiger partial charge on any atom is -0.349 e. The summed E-state index contributed by atoms with van der Waals surface area (Å²) in [6, 6.07) is 3.58. The Labute approximate surface area is 225 Å². The van der Waals surface area contributed by atoms with Crippen LogP contribution in [0.3, 0.4) is 0 Å². The summed E-state index contributed by atoms with van der Waals surface area (Å²) in [5, 5.41) is 9.08. The van der Waals surface area contributed by atoms with Gasteiger partial charge in [0.1, 0.15) is 30.4 Å². The van der Waals surface area contributed by atoms with Gasteiger partial charge in [-0.2, -0.15) is 0 Å². The van der Waals surface area contributed by atoms with E-state index in [4.69, 9.17) is 24.4 Å². The molecule has 0 saturated carbocycles. The van der Waals surface area contributed by atoms with E-state index in [0.717, 1.165) is 22.7 Å². The predicted molar refractivity (Wildman–Crippen MR) is 149 cm³/mol. The van der Waals surface area contributed by atoms with Crippen LogP contribution in [0.4, 0.5) is 0 Å².